The zero-order chi connectivity index (χ0) is 26.3. The zero-order valence-corrected chi connectivity index (χ0v) is 27.8. The van der Waals surface area contributed by atoms with E-state index >= 15 is 0 Å². The number of aliphatic hydroxyl groups excluding tert-OH is 1. The van der Waals surface area contributed by atoms with Gasteiger partial charge in [0.2, 0.25) is 10.0 Å². The third kappa shape index (κ3) is 8.31. The largest absolute Gasteiger partial charge is 0.480 e. The van der Waals surface area contributed by atoms with Crippen LogP contribution in [0.3, 0.4) is 0 Å². The third-order valence-corrected chi connectivity index (χ3v) is 9.84. The molecule has 0 saturated carbocycles. The van der Waals surface area contributed by atoms with E-state index in [0.717, 1.165) is 25.9 Å². The second-order valence-electron chi connectivity index (χ2n) is 7.58. The Morgan fingerprint density at radius 1 is 1.08 bits per heavy atom. The summed E-state index contributed by atoms with van der Waals surface area (Å²) in [5.74, 6) is -1.26. The quantitative estimate of drug-likeness (QED) is 0.114. The van der Waals surface area contributed by atoms with Crippen LogP contribution in [-0.2, 0) is 42.4 Å². The molecule has 38 heavy (non-hydrogen) atoms. The van der Waals surface area contributed by atoms with Crippen LogP contribution in [0.5, 0.6) is 0 Å². The van der Waals surface area contributed by atoms with E-state index in [1.165, 1.54) is 33.0 Å². The van der Waals surface area contributed by atoms with Gasteiger partial charge < -0.3 is 15.7 Å². The van der Waals surface area contributed by atoms with E-state index in [0.29, 0.717) is 11.3 Å². The van der Waals surface area contributed by atoms with Crippen molar-refractivity contribution in [2.24, 2.45) is 0 Å². The number of carbonyl (C=O) groups is 1. The number of aliphatic hydroxyl groups is 1. The van der Waals surface area contributed by atoms with Crippen molar-refractivity contribution >= 4 is 69.8 Å². The van der Waals surface area contributed by atoms with E-state index in [2.05, 4.69) is 6.58 Å². The Morgan fingerprint density at radius 2 is 1.68 bits per heavy atom. The molecule has 13 heteroatoms. The summed E-state index contributed by atoms with van der Waals surface area (Å²) in [5.41, 5.74) is 3.86. The van der Waals surface area contributed by atoms with Crippen LogP contribution in [0, 0.1) is 0 Å². The van der Waals surface area contributed by atoms with Gasteiger partial charge in [-0.3, -0.25) is 9.10 Å². The molecule has 0 aliphatic carbocycles. The predicted octanol–water partition coefficient (Wildman–Crippen LogP) is 4.92. The number of thioether (sulfide) groups is 1. The average Bonchev–Trinajstić information content (AvgIpc) is 2.89. The van der Waals surface area contributed by atoms with E-state index < -0.39 is 22.5 Å². The molecule has 4 N–H and O–H groups in total. The SMILES string of the molecule is C=Cc1c(SC)cc(CN(CC(=O)O)S(=O)(=O)c2ccc(-c3ccccc3)cc2)cc1N(CO)SI.O.[W]. The first-order chi connectivity index (χ1) is 17.2. The first kappa shape index (κ1) is 34.6. The Bertz CT molecular complexity index is 1320. The molecular weight excluding hydrogens is 831 g/mol. The molecule has 3 aromatic carbocycles. The van der Waals surface area contributed by atoms with Crippen LogP contribution in [0.4, 0.5) is 5.69 Å². The normalized spacial score (nSPS) is 10.8. The Balaban J connectivity index is 0.00000361. The summed E-state index contributed by atoms with van der Waals surface area (Å²) in [5, 5.41) is 19.3. The molecule has 0 aromatic heterocycles. The van der Waals surface area contributed by atoms with Gasteiger partial charge in [0.05, 0.1) is 10.6 Å². The number of sulfonamides is 1. The van der Waals surface area contributed by atoms with E-state index in [1.807, 2.05) is 63.9 Å². The van der Waals surface area contributed by atoms with Crippen molar-refractivity contribution in [1.82, 2.24) is 4.31 Å². The number of anilines is 1. The summed E-state index contributed by atoms with van der Waals surface area (Å²) in [6, 6.07) is 19.5. The Morgan fingerprint density at radius 3 is 2.18 bits per heavy atom. The number of benzene rings is 3. The molecule has 0 radical (unpaired) electrons. The minimum absolute atomic E-state index is 0. The Labute approximate surface area is 257 Å². The van der Waals surface area contributed by atoms with Gasteiger partial charge in [0.1, 0.15) is 13.3 Å². The summed E-state index contributed by atoms with van der Waals surface area (Å²) in [4.78, 5) is 12.5. The van der Waals surface area contributed by atoms with Crippen molar-refractivity contribution in [3.8, 4) is 11.1 Å². The van der Waals surface area contributed by atoms with E-state index in [9.17, 15) is 23.4 Å². The minimum Gasteiger partial charge on any atom is -0.480 e. The summed E-state index contributed by atoms with van der Waals surface area (Å²) in [6.45, 7) is 2.76. The van der Waals surface area contributed by atoms with Crippen LogP contribution >= 0.6 is 42.1 Å². The van der Waals surface area contributed by atoms with Crippen molar-refractivity contribution in [2.45, 2.75) is 16.3 Å². The summed E-state index contributed by atoms with van der Waals surface area (Å²) < 4.78 is 29.6. The summed E-state index contributed by atoms with van der Waals surface area (Å²) in [7, 11) is -2.83. The van der Waals surface area contributed by atoms with E-state index in [1.54, 1.807) is 28.6 Å². The second-order valence-corrected chi connectivity index (χ2v) is 12.1. The van der Waals surface area contributed by atoms with Crippen LogP contribution in [0.2, 0.25) is 0 Å². The van der Waals surface area contributed by atoms with Crippen molar-refractivity contribution in [2.75, 3.05) is 23.8 Å². The van der Waals surface area contributed by atoms with Gasteiger partial charge in [0.15, 0.2) is 0 Å². The van der Waals surface area contributed by atoms with Gasteiger partial charge in [0.25, 0.3) is 0 Å². The minimum atomic E-state index is -4.12. The molecule has 0 amide bonds. The van der Waals surface area contributed by atoms with Crippen molar-refractivity contribution in [3.63, 3.8) is 0 Å². The van der Waals surface area contributed by atoms with Crippen LogP contribution < -0.4 is 4.31 Å². The fourth-order valence-corrected chi connectivity index (χ4v) is 6.99. The molecular formula is C25H27IN2O6S3W. The monoisotopic (exact) mass is 858 g/mol. The summed E-state index contributed by atoms with van der Waals surface area (Å²) in [6.07, 6.45) is 3.57. The molecule has 0 unspecified atom stereocenters. The van der Waals surface area contributed by atoms with Gasteiger partial charge in [-0.05, 0) is 47.2 Å². The molecule has 3 aromatic rings. The standard InChI is InChI=1S/C25H25IN2O5S3.H2O.W/c1-3-22-23(28(17-29)35-26)13-18(14-24(22)34-2)15-27(16-25(30)31)36(32,33)21-11-9-20(10-12-21)19-7-5-4-6-8-19;;/h3-14,29H,1,15-17H2,2H3,(H,30,31);1H2;. The molecule has 0 saturated heterocycles. The molecule has 0 bridgehead atoms. The summed E-state index contributed by atoms with van der Waals surface area (Å²) >= 11 is 3.50. The maximum atomic E-state index is 13.5. The van der Waals surface area contributed by atoms with Crippen LogP contribution in [-0.4, -0.2) is 53.9 Å². The smallest absolute Gasteiger partial charge is 0.318 e. The number of carboxylic acid groups (broad SMARTS) is 1. The molecule has 0 aliphatic rings. The van der Waals surface area contributed by atoms with Gasteiger partial charge in [-0.15, -0.1) is 11.8 Å². The van der Waals surface area contributed by atoms with Gasteiger partial charge in [-0.1, -0.05) is 55.1 Å². The molecule has 0 spiro atoms. The number of aliphatic carboxylic acids is 1. The number of nitrogens with zero attached hydrogens (tertiary/aromatic N) is 2. The zero-order valence-electron chi connectivity index (χ0n) is 20.3. The third-order valence-electron chi connectivity index (χ3n) is 5.35. The molecule has 8 nitrogen and oxygen atoms in total. The van der Waals surface area contributed by atoms with Gasteiger partial charge in [0, 0.05) is 68.4 Å². The van der Waals surface area contributed by atoms with Crippen LogP contribution in [0.25, 0.3) is 17.2 Å². The van der Waals surface area contributed by atoms with Crippen molar-refractivity contribution in [1.29, 1.82) is 0 Å². The Kier molecular flexibility index (Phi) is 14.6. The maximum absolute atomic E-state index is 13.5. The van der Waals surface area contributed by atoms with E-state index in [4.69, 9.17) is 0 Å². The van der Waals surface area contributed by atoms with Crippen LogP contribution in [0.15, 0.2) is 83.1 Å². The van der Waals surface area contributed by atoms with Gasteiger partial charge in [-0.25, -0.2) is 8.42 Å². The van der Waals surface area contributed by atoms with Crippen molar-refractivity contribution < 1.29 is 50.0 Å². The fraction of sp³-hybridized carbons (Fsp3) is 0.160. The molecule has 0 heterocycles. The van der Waals surface area contributed by atoms with E-state index in [-0.39, 0.29) is 44.7 Å². The molecule has 204 valence electrons. The van der Waals surface area contributed by atoms with Gasteiger partial charge >= 0.3 is 5.97 Å². The number of carboxylic acids is 1. The predicted molar refractivity (Wildman–Crippen MR) is 160 cm³/mol. The first-order valence-corrected chi connectivity index (χ1v) is 16.6. The van der Waals surface area contributed by atoms with Crippen molar-refractivity contribution in [3.05, 3.63) is 84.4 Å². The fourth-order valence-electron chi connectivity index (χ4n) is 3.65. The molecule has 3 rings (SSSR count). The van der Waals surface area contributed by atoms with Gasteiger partial charge in [-0.2, -0.15) is 4.31 Å². The first-order valence-electron chi connectivity index (χ1n) is 10.6. The average molecular weight is 858 g/mol. The maximum Gasteiger partial charge on any atom is 0.318 e. The Hall–Kier alpha value is -1.38. The molecule has 0 fully saturated rings. The number of halogens is 1. The molecule has 0 aliphatic heterocycles. The number of rotatable bonds is 12. The number of hydrogen-bond donors (Lipinski definition) is 2. The topological polar surface area (TPSA) is 130 Å². The number of hydrogen-bond acceptors (Lipinski definition) is 7. The van der Waals surface area contributed by atoms with Crippen LogP contribution in [0.1, 0.15) is 11.1 Å². The second kappa shape index (κ2) is 16.0. The molecule has 0 atom stereocenters.